The van der Waals surface area contributed by atoms with Crippen molar-refractivity contribution in [3.05, 3.63) is 125 Å². The van der Waals surface area contributed by atoms with Crippen LogP contribution in [0.4, 0.5) is 11.4 Å². The van der Waals surface area contributed by atoms with Crippen LogP contribution in [0.2, 0.25) is 0 Å². The Morgan fingerprint density at radius 2 is 1.24 bits per heavy atom. The highest BCUT2D eigenvalue weighted by atomic mass is 32.1. The highest BCUT2D eigenvalue weighted by molar-refractivity contribution is 7.27. The van der Waals surface area contributed by atoms with E-state index in [4.69, 9.17) is 4.42 Å². The van der Waals surface area contributed by atoms with Gasteiger partial charge >= 0.3 is 6.85 Å². The van der Waals surface area contributed by atoms with Crippen LogP contribution in [0, 0.1) is 0 Å². The molecule has 3 aliphatic rings. The maximum Gasteiger partial charge on any atom is 0.375 e. The molecule has 316 valence electrons. The number of fused-ring (bicyclic) bond motifs is 16. The first-order valence-corrected chi connectivity index (χ1v) is 24.1. The molecule has 0 N–H and O–H groups in total. The Balaban J connectivity index is 1.35. The summed E-state index contributed by atoms with van der Waals surface area (Å²) < 4.78 is 12.9. The van der Waals surface area contributed by atoms with Gasteiger partial charge in [0, 0.05) is 53.3 Å². The van der Waals surface area contributed by atoms with Gasteiger partial charge in [-0.05, 0) is 133 Å². The van der Waals surface area contributed by atoms with Crippen molar-refractivity contribution in [2.75, 3.05) is 4.81 Å². The summed E-state index contributed by atoms with van der Waals surface area (Å²) >= 11 is 1.98. The van der Waals surface area contributed by atoms with Crippen LogP contribution < -0.4 is 15.9 Å². The number of anilines is 2. The molecule has 6 aromatic carbocycles. The molecule has 2 aliphatic heterocycles. The fourth-order valence-electron chi connectivity index (χ4n) is 11.7. The summed E-state index contributed by atoms with van der Waals surface area (Å²) in [4.78, 5) is 2.64. The lowest BCUT2D eigenvalue weighted by atomic mass is 9.46. The van der Waals surface area contributed by atoms with Crippen LogP contribution in [0.25, 0.3) is 69.8 Å². The maximum atomic E-state index is 7.49. The lowest BCUT2D eigenvalue weighted by Gasteiger charge is -2.42. The van der Waals surface area contributed by atoms with Crippen molar-refractivity contribution >= 4 is 93.6 Å². The minimum Gasteiger partial charge on any atom is -0.466 e. The van der Waals surface area contributed by atoms with E-state index in [-0.39, 0.29) is 33.9 Å². The number of thiophene rings is 1. The lowest BCUT2D eigenvalue weighted by molar-refractivity contribution is 0.332. The van der Waals surface area contributed by atoms with Crippen LogP contribution in [-0.2, 0) is 27.1 Å². The summed E-state index contributed by atoms with van der Waals surface area (Å²) in [5.74, 6) is 0. The average molecular weight is 843 g/mol. The molecule has 0 bridgehead atoms. The molecule has 0 spiro atoms. The monoisotopic (exact) mass is 842 g/mol. The summed E-state index contributed by atoms with van der Waals surface area (Å²) in [6.45, 7) is 30.6. The normalized spacial score (nSPS) is 16.7. The Hall–Kier alpha value is -5.26. The van der Waals surface area contributed by atoms with E-state index in [0.29, 0.717) is 0 Å². The van der Waals surface area contributed by atoms with Gasteiger partial charge < -0.3 is 13.8 Å². The standard InChI is InChI=1S/C58H59BN2OS/c1-54(2,3)32-18-22-35(23-19-32)61-42-24-20-33(55(4,5)6)28-37(42)46-47-36-16-14-15-17-45(36)63-52(47)48-38-30-40-41(58(12,13)27-26-57(40,10)11)31-43(38)60-50-39-29-34(56(7,8)9)21-25-44(39)62-53(50)59(61)49(46)51(48)60/h14-25,28-31H,26-27H2,1-13H3. The Bertz CT molecular complexity index is 3460. The van der Waals surface area contributed by atoms with Crippen LogP contribution in [-0.4, -0.2) is 11.4 Å². The second-order valence-electron chi connectivity index (χ2n) is 23.7. The van der Waals surface area contributed by atoms with E-state index in [9.17, 15) is 0 Å². The van der Waals surface area contributed by atoms with Gasteiger partial charge in [0.1, 0.15) is 11.2 Å². The SMILES string of the molecule is CC(C)(C)c1ccc(N2B3c4oc5ccc(C(C)(C)C)cc5c4-n4c5cc6c(cc5c5c7sc8ccccc8c7c(c3c54)-c3cc(C(C)(C)C)ccc32)C(C)(C)CCC6(C)C)cc1. The topological polar surface area (TPSA) is 21.3 Å². The third kappa shape index (κ3) is 5.32. The van der Waals surface area contributed by atoms with E-state index in [1.807, 2.05) is 11.3 Å². The fraction of sp³-hybridized carbons (Fsp3) is 0.345. The number of aromatic nitrogens is 1. The van der Waals surface area contributed by atoms with Crippen molar-refractivity contribution < 1.29 is 4.42 Å². The molecule has 0 saturated carbocycles. The summed E-state index contributed by atoms with van der Waals surface area (Å²) in [5.41, 5.74) is 19.3. The zero-order valence-corrected chi connectivity index (χ0v) is 40.3. The van der Waals surface area contributed by atoms with Crippen LogP contribution in [0.5, 0.6) is 0 Å². The van der Waals surface area contributed by atoms with Gasteiger partial charge in [-0.15, -0.1) is 11.3 Å². The van der Waals surface area contributed by atoms with E-state index >= 15 is 0 Å². The molecule has 0 fully saturated rings. The molecule has 3 aromatic heterocycles. The zero-order valence-electron chi connectivity index (χ0n) is 39.4. The maximum absolute atomic E-state index is 7.49. The fourth-order valence-corrected chi connectivity index (χ4v) is 12.9. The van der Waals surface area contributed by atoms with E-state index in [0.717, 1.165) is 11.2 Å². The van der Waals surface area contributed by atoms with Gasteiger partial charge in [-0.2, -0.15) is 0 Å². The third-order valence-corrected chi connectivity index (χ3v) is 16.7. The molecule has 0 amide bonds. The molecule has 5 heterocycles. The van der Waals surface area contributed by atoms with Crippen molar-refractivity contribution in [3.63, 3.8) is 0 Å². The first-order chi connectivity index (χ1) is 29.6. The third-order valence-electron chi connectivity index (χ3n) is 15.5. The number of rotatable bonds is 1. The van der Waals surface area contributed by atoms with Gasteiger partial charge in [0.15, 0.2) is 0 Å². The van der Waals surface area contributed by atoms with Crippen molar-refractivity contribution in [1.82, 2.24) is 4.57 Å². The summed E-state index contributed by atoms with van der Waals surface area (Å²) in [6.07, 6.45) is 2.34. The van der Waals surface area contributed by atoms with Crippen LogP contribution >= 0.6 is 11.3 Å². The first kappa shape index (κ1) is 39.3. The number of furan rings is 1. The Morgan fingerprint density at radius 1 is 0.619 bits per heavy atom. The second-order valence-corrected chi connectivity index (χ2v) is 24.7. The minimum absolute atomic E-state index is 0.0283. The van der Waals surface area contributed by atoms with Gasteiger partial charge in [0.05, 0.1) is 16.7 Å². The molecular formula is C58H59BN2OS. The zero-order chi connectivity index (χ0) is 44.1. The molecular weight excluding hydrogens is 784 g/mol. The summed E-state index contributed by atoms with van der Waals surface area (Å²) in [6, 6.07) is 38.2. The molecule has 3 nitrogen and oxygen atoms in total. The molecule has 63 heavy (non-hydrogen) atoms. The Morgan fingerprint density at radius 3 is 1.92 bits per heavy atom. The summed E-state index contributed by atoms with van der Waals surface area (Å²) in [7, 11) is 0. The first-order valence-electron chi connectivity index (χ1n) is 23.3. The minimum atomic E-state index is -0.209. The van der Waals surface area contributed by atoms with Crippen LogP contribution in [0.1, 0.15) is 131 Å². The number of hydrogen-bond donors (Lipinski definition) is 0. The molecule has 0 atom stereocenters. The van der Waals surface area contributed by atoms with Crippen LogP contribution in [0.3, 0.4) is 0 Å². The molecule has 0 saturated heterocycles. The molecule has 9 aromatic rings. The predicted octanol–water partition coefficient (Wildman–Crippen LogP) is 15.4. The van der Waals surface area contributed by atoms with Crippen molar-refractivity contribution in [1.29, 1.82) is 0 Å². The molecule has 0 radical (unpaired) electrons. The van der Waals surface area contributed by atoms with Crippen molar-refractivity contribution in [3.8, 4) is 16.8 Å². The molecule has 0 unspecified atom stereocenters. The molecule has 5 heteroatoms. The lowest BCUT2D eigenvalue weighted by Crippen LogP contribution is -2.60. The van der Waals surface area contributed by atoms with E-state index < -0.39 is 0 Å². The van der Waals surface area contributed by atoms with Crippen molar-refractivity contribution in [2.24, 2.45) is 0 Å². The highest BCUT2D eigenvalue weighted by Gasteiger charge is 2.49. The largest absolute Gasteiger partial charge is 0.466 e. The predicted molar refractivity (Wildman–Crippen MR) is 274 cm³/mol. The highest BCUT2D eigenvalue weighted by Crippen LogP contribution is 2.55. The smallest absolute Gasteiger partial charge is 0.375 e. The van der Waals surface area contributed by atoms with Gasteiger partial charge in [0.25, 0.3) is 0 Å². The van der Waals surface area contributed by atoms with E-state index in [2.05, 4.69) is 196 Å². The quantitative estimate of drug-likeness (QED) is 0.154. The average Bonchev–Trinajstić information content (AvgIpc) is 3.90. The molecule has 1 aliphatic carbocycles. The summed E-state index contributed by atoms with van der Waals surface area (Å²) in [5, 5.41) is 6.65. The van der Waals surface area contributed by atoms with E-state index in [1.54, 1.807) is 0 Å². The van der Waals surface area contributed by atoms with Gasteiger partial charge in [-0.1, -0.05) is 132 Å². The van der Waals surface area contributed by atoms with Gasteiger partial charge in [-0.25, -0.2) is 0 Å². The van der Waals surface area contributed by atoms with Crippen molar-refractivity contribution in [2.45, 2.75) is 130 Å². The number of hydrogen-bond acceptors (Lipinski definition) is 3. The Kier molecular flexibility index (Phi) is 7.68. The van der Waals surface area contributed by atoms with Gasteiger partial charge in [0.2, 0.25) is 0 Å². The van der Waals surface area contributed by atoms with Gasteiger partial charge in [-0.3, -0.25) is 0 Å². The second kappa shape index (κ2) is 12.3. The van der Waals surface area contributed by atoms with E-state index in [1.165, 1.54) is 122 Å². The van der Waals surface area contributed by atoms with Crippen LogP contribution in [0.15, 0.2) is 101 Å². The molecule has 12 rings (SSSR count). The number of nitrogens with zero attached hydrogens (tertiary/aromatic N) is 2. The Labute approximate surface area is 377 Å². The number of benzene rings is 6.